The molecule has 0 amide bonds. The molecule has 2 atom stereocenters. The lowest BCUT2D eigenvalue weighted by Gasteiger charge is -2.34. The van der Waals surface area contributed by atoms with Crippen LogP contribution in [0.5, 0.6) is 0 Å². The highest BCUT2D eigenvalue weighted by Crippen LogP contribution is 2.58. The zero-order valence-electron chi connectivity index (χ0n) is 17.4. The molecule has 0 aliphatic heterocycles. The topological polar surface area (TPSA) is 112 Å². The molecule has 0 bridgehead atoms. The fourth-order valence-corrected chi connectivity index (χ4v) is 6.56. The first-order valence-corrected chi connectivity index (χ1v) is 12.1. The van der Waals surface area contributed by atoms with Crippen molar-refractivity contribution in [2.45, 2.75) is 28.0 Å². The molecule has 2 aromatic carbocycles. The number of hydrogen-bond donors (Lipinski definition) is 2. The molecule has 33 heavy (non-hydrogen) atoms. The summed E-state index contributed by atoms with van der Waals surface area (Å²) in [7, 11) is -4.64. The smallest absolute Gasteiger partial charge is 0.325 e. The molecule has 9 heteroatoms. The van der Waals surface area contributed by atoms with Crippen LogP contribution in [0.4, 0.5) is 0 Å². The van der Waals surface area contributed by atoms with Crippen molar-refractivity contribution >= 4 is 33.6 Å². The van der Waals surface area contributed by atoms with Crippen LogP contribution in [-0.4, -0.2) is 51.2 Å². The number of sulfonamides is 1. The molecule has 0 unspecified atom stereocenters. The van der Waals surface area contributed by atoms with E-state index in [1.54, 1.807) is 42.5 Å². The van der Waals surface area contributed by atoms with E-state index in [0.29, 0.717) is 9.87 Å². The molecule has 1 fully saturated rings. The van der Waals surface area contributed by atoms with E-state index in [1.807, 2.05) is 30.3 Å². The highest BCUT2D eigenvalue weighted by molar-refractivity contribution is 7.92. The van der Waals surface area contributed by atoms with Crippen LogP contribution in [0.15, 0.2) is 85.0 Å². The average molecular weight is 488 g/mol. The van der Waals surface area contributed by atoms with Gasteiger partial charge in [0.2, 0.25) is 10.0 Å². The summed E-state index contributed by atoms with van der Waals surface area (Å²) in [5.41, 5.74) is -0.386. The number of carboxylic acid groups (broad SMARTS) is 2. The number of carbonyl (C=O) groups is 2. The summed E-state index contributed by atoms with van der Waals surface area (Å²) < 4.78 is 25.9. The van der Waals surface area contributed by atoms with Gasteiger partial charge in [0.1, 0.15) is 12.1 Å². The first-order chi connectivity index (χ1) is 15.6. The zero-order valence-corrected chi connectivity index (χ0v) is 19.0. The van der Waals surface area contributed by atoms with E-state index in [-0.39, 0.29) is 12.3 Å². The van der Waals surface area contributed by atoms with Crippen molar-refractivity contribution in [2.24, 2.45) is 0 Å². The van der Waals surface area contributed by atoms with Crippen LogP contribution in [0.2, 0.25) is 0 Å². The van der Waals surface area contributed by atoms with Gasteiger partial charge in [-0.2, -0.15) is 4.31 Å². The quantitative estimate of drug-likeness (QED) is 0.435. The summed E-state index contributed by atoms with van der Waals surface area (Å²) in [6.45, 7) is -1.02. The van der Waals surface area contributed by atoms with Gasteiger partial charge >= 0.3 is 11.9 Å². The number of rotatable bonds is 8. The van der Waals surface area contributed by atoms with Crippen molar-refractivity contribution in [3.8, 4) is 0 Å². The molecular weight excluding hydrogens is 466 g/mol. The third-order valence-corrected chi connectivity index (χ3v) is 9.09. The van der Waals surface area contributed by atoms with Crippen LogP contribution in [0.25, 0.3) is 0 Å². The summed E-state index contributed by atoms with van der Waals surface area (Å²) in [5.74, 6) is -3.79. The number of allylic oxidation sites excluding steroid dienone is 2. The molecule has 172 valence electrons. The van der Waals surface area contributed by atoms with Crippen molar-refractivity contribution in [1.82, 2.24) is 4.31 Å². The lowest BCUT2D eigenvalue weighted by Crippen LogP contribution is -2.55. The average Bonchev–Trinajstić information content (AvgIpc) is 3.56. The van der Waals surface area contributed by atoms with Crippen molar-refractivity contribution in [3.63, 3.8) is 0 Å². The standard InChI is InChI=1S/C24H22ClNO6S/c25-23(13-11-18(12-14-23)17-7-3-1-4-8-17)33(31,32)26(16-21(27)28)24(22(29)30)15-20(24)19-9-5-2-6-10-19/h1-14,18,20H,15-16H2,(H,27,28)(H,29,30)/t18?,20-,23?,24+/m1/s1. The predicted octanol–water partition coefficient (Wildman–Crippen LogP) is 3.56. The third kappa shape index (κ3) is 3.99. The molecule has 0 heterocycles. The molecular formula is C24H22ClNO6S. The number of hydrogen-bond acceptors (Lipinski definition) is 4. The van der Waals surface area contributed by atoms with Gasteiger partial charge in [-0.25, -0.2) is 8.42 Å². The minimum atomic E-state index is -4.64. The van der Waals surface area contributed by atoms with Crippen LogP contribution in [0.1, 0.15) is 29.4 Å². The van der Waals surface area contributed by atoms with Gasteiger partial charge in [0.15, 0.2) is 4.21 Å². The minimum absolute atomic E-state index is 0.0497. The van der Waals surface area contributed by atoms with E-state index in [9.17, 15) is 28.2 Å². The number of carboxylic acids is 2. The lowest BCUT2D eigenvalue weighted by molar-refractivity contribution is -0.145. The molecule has 0 aromatic heterocycles. The second-order valence-electron chi connectivity index (χ2n) is 8.15. The van der Waals surface area contributed by atoms with Gasteiger partial charge in [0.25, 0.3) is 0 Å². The molecule has 1 saturated carbocycles. The van der Waals surface area contributed by atoms with Gasteiger partial charge in [-0.05, 0) is 29.7 Å². The normalized spacial score (nSPS) is 28.5. The number of aliphatic carboxylic acids is 2. The number of alkyl halides is 1. The van der Waals surface area contributed by atoms with Crippen molar-refractivity contribution in [1.29, 1.82) is 0 Å². The first-order valence-electron chi connectivity index (χ1n) is 10.3. The molecule has 2 aromatic rings. The van der Waals surface area contributed by atoms with Gasteiger partial charge in [0.05, 0.1) is 0 Å². The largest absolute Gasteiger partial charge is 0.480 e. The van der Waals surface area contributed by atoms with Gasteiger partial charge in [-0.1, -0.05) is 84.4 Å². The number of benzene rings is 2. The van der Waals surface area contributed by atoms with E-state index in [1.165, 1.54) is 12.2 Å². The fraction of sp³-hybridized carbons (Fsp3) is 0.250. The highest BCUT2D eigenvalue weighted by atomic mass is 35.5. The second-order valence-corrected chi connectivity index (χ2v) is 11.1. The Bertz CT molecular complexity index is 1210. The maximum Gasteiger partial charge on any atom is 0.325 e. The molecule has 0 saturated heterocycles. The van der Waals surface area contributed by atoms with Gasteiger partial charge in [-0.15, -0.1) is 0 Å². The van der Waals surface area contributed by atoms with E-state index in [2.05, 4.69) is 0 Å². The SMILES string of the molecule is O=C(O)CN([C@@]1(C(=O)O)C[C@@H]1c1ccccc1)S(=O)(=O)C1(Cl)C=CC(c2ccccc2)C=C1. The van der Waals surface area contributed by atoms with Crippen molar-refractivity contribution in [3.05, 3.63) is 96.1 Å². The van der Waals surface area contributed by atoms with Crippen LogP contribution >= 0.6 is 11.6 Å². The van der Waals surface area contributed by atoms with Gasteiger partial charge < -0.3 is 10.2 Å². The molecule has 2 N–H and O–H groups in total. The lowest BCUT2D eigenvalue weighted by atomic mass is 9.95. The molecule has 4 rings (SSSR count). The summed E-state index contributed by atoms with van der Waals surface area (Å²) >= 11 is 6.54. The Balaban J connectivity index is 1.72. The Labute approximate surface area is 196 Å². The maximum absolute atomic E-state index is 13.7. The predicted molar refractivity (Wildman–Crippen MR) is 123 cm³/mol. The first kappa shape index (κ1) is 23.2. The Kier molecular flexibility index (Phi) is 5.94. The van der Waals surface area contributed by atoms with E-state index >= 15 is 0 Å². The van der Waals surface area contributed by atoms with Crippen LogP contribution in [-0.2, 0) is 19.6 Å². The van der Waals surface area contributed by atoms with E-state index < -0.39 is 44.2 Å². The minimum Gasteiger partial charge on any atom is -0.480 e. The highest BCUT2D eigenvalue weighted by Gasteiger charge is 2.69. The summed E-state index contributed by atoms with van der Waals surface area (Å²) in [5, 5.41) is 19.5. The number of nitrogens with zero attached hydrogens (tertiary/aromatic N) is 1. The molecule has 7 nitrogen and oxygen atoms in total. The Hall–Kier alpha value is -2.94. The van der Waals surface area contributed by atoms with Crippen LogP contribution in [0.3, 0.4) is 0 Å². The summed E-state index contributed by atoms with van der Waals surface area (Å²) in [4.78, 5) is 24.0. The van der Waals surface area contributed by atoms with E-state index in [0.717, 1.165) is 5.56 Å². The van der Waals surface area contributed by atoms with Crippen molar-refractivity contribution in [2.75, 3.05) is 6.54 Å². The number of halogens is 1. The second kappa shape index (κ2) is 8.44. The molecule has 0 radical (unpaired) electrons. The molecule has 2 aliphatic carbocycles. The maximum atomic E-state index is 13.7. The Morgan fingerprint density at radius 1 is 0.939 bits per heavy atom. The Morgan fingerprint density at radius 2 is 1.45 bits per heavy atom. The summed E-state index contributed by atoms with van der Waals surface area (Å²) in [6.07, 6.45) is 5.76. The monoisotopic (exact) mass is 487 g/mol. The fourth-order valence-electron chi connectivity index (χ4n) is 4.34. The van der Waals surface area contributed by atoms with Gasteiger partial charge in [0, 0.05) is 11.8 Å². The van der Waals surface area contributed by atoms with Crippen LogP contribution < -0.4 is 0 Å². The molecule has 2 aliphatic rings. The van der Waals surface area contributed by atoms with Crippen molar-refractivity contribution < 1.29 is 28.2 Å². The van der Waals surface area contributed by atoms with E-state index in [4.69, 9.17) is 11.6 Å². The summed E-state index contributed by atoms with van der Waals surface area (Å²) in [6, 6.07) is 17.9. The Morgan fingerprint density at radius 3 is 1.94 bits per heavy atom. The molecule has 0 spiro atoms. The van der Waals surface area contributed by atoms with Crippen LogP contribution in [0, 0.1) is 0 Å². The zero-order chi connectivity index (χ0) is 23.9. The van der Waals surface area contributed by atoms with Gasteiger partial charge in [-0.3, -0.25) is 9.59 Å². The third-order valence-electron chi connectivity index (χ3n) is 6.16.